The molecule has 0 atom stereocenters. The second kappa shape index (κ2) is 6.39. The Morgan fingerprint density at radius 3 is 2.70 bits per heavy atom. The number of imide groups is 1. The monoisotopic (exact) mass is 279 g/mol. The molecule has 0 aromatic rings. The summed E-state index contributed by atoms with van der Waals surface area (Å²) in [4.78, 5) is 25.9. The van der Waals surface area contributed by atoms with Crippen LogP contribution in [-0.4, -0.2) is 42.0 Å². The minimum Gasteiger partial charge on any atom is -0.323 e. The van der Waals surface area contributed by atoms with E-state index in [-0.39, 0.29) is 11.9 Å². The van der Waals surface area contributed by atoms with Gasteiger partial charge in [0.05, 0.1) is 6.54 Å². The zero-order valence-corrected chi connectivity index (χ0v) is 12.3. The number of hydrogen-bond donors (Lipinski definition) is 2. The highest BCUT2D eigenvalue weighted by molar-refractivity contribution is 6.07. The minimum absolute atomic E-state index is 0.0566. The number of rotatable bonds is 6. The molecule has 2 aliphatic rings. The molecule has 1 saturated heterocycles. The zero-order valence-electron chi connectivity index (χ0n) is 12.3. The SMILES string of the molecule is C=C(CNCCC)CN1C(=O)NC2(CCCCC2)C1=O. The average Bonchev–Trinajstić information content (AvgIpc) is 2.65. The van der Waals surface area contributed by atoms with Crippen LogP contribution in [0.25, 0.3) is 0 Å². The van der Waals surface area contributed by atoms with Crippen LogP contribution >= 0.6 is 0 Å². The van der Waals surface area contributed by atoms with Crippen molar-refractivity contribution in [1.29, 1.82) is 0 Å². The molecule has 2 rings (SSSR count). The van der Waals surface area contributed by atoms with E-state index in [9.17, 15) is 9.59 Å². The second-order valence-corrected chi connectivity index (χ2v) is 5.89. The summed E-state index contributed by atoms with van der Waals surface area (Å²) in [6, 6.07) is -0.256. The summed E-state index contributed by atoms with van der Waals surface area (Å²) in [6.45, 7) is 7.95. The smallest absolute Gasteiger partial charge is 0.323 e. The molecule has 1 aliphatic carbocycles. The minimum atomic E-state index is -0.619. The van der Waals surface area contributed by atoms with E-state index in [1.54, 1.807) is 0 Å². The largest absolute Gasteiger partial charge is 0.325 e. The third kappa shape index (κ3) is 3.03. The van der Waals surface area contributed by atoms with Crippen LogP contribution in [-0.2, 0) is 4.79 Å². The Hall–Kier alpha value is -1.36. The van der Waals surface area contributed by atoms with Crippen molar-refractivity contribution in [3.63, 3.8) is 0 Å². The Morgan fingerprint density at radius 2 is 2.05 bits per heavy atom. The van der Waals surface area contributed by atoms with Gasteiger partial charge in [0.25, 0.3) is 5.91 Å². The Labute approximate surface area is 120 Å². The van der Waals surface area contributed by atoms with Crippen molar-refractivity contribution < 1.29 is 9.59 Å². The Balaban J connectivity index is 1.93. The van der Waals surface area contributed by atoms with E-state index in [1.807, 2.05) is 0 Å². The van der Waals surface area contributed by atoms with E-state index in [0.717, 1.165) is 50.6 Å². The van der Waals surface area contributed by atoms with Crippen molar-refractivity contribution in [1.82, 2.24) is 15.5 Å². The Bertz CT molecular complexity index is 400. The molecule has 2 N–H and O–H groups in total. The van der Waals surface area contributed by atoms with E-state index in [0.29, 0.717) is 13.1 Å². The van der Waals surface area contributed by atoms with Gasteiger partial charge in [-0.1, -0.05) is 32.8 Å². The van der Waals surface area contributed by atoms with E-state index >= 15 is 0 Å². The molecule has 0 unspecified atom stereocenters. The molecule has 1 heterocycles. The summed E-state index contributed by atoms with van der Waals surface area (Å²) in [5.41, 5.74) is 0.252. The number of carbonyl (C=O) groups excluding carboxylic acids is 2. The first-order chi connectivity index (χ1) is 9.59. The first kappa shape index (κ1) is 15.0. The van der Waals surface area contributed by atoms with Gasteiger partial charge in [0.15, 0.2) is 0 Å². The van der Waals surface area contributed by atoms with E-state index in [2.05, 4.69) is 24.1 Å². The van der Waals surface area contributed by atoms with E-state index < -0.39 is 5.54 Å². The Morgan fingerprint density at radius 1 is 1.35 bits per heavy atom. The summed E-state index contributed by atoms with van der Waals surface area (Å²) in [5, 5.41) is 6.16. The zero-order chi connectivity index (χ0) is 14.6. The van der Waals surface area contributed by atoms with Crippen molar-refractivity contribution in [3.8, 4) is 0 Å². The first-order valence-corrected chi connectivity index (χ1v) is 7.60. The van der Waals surface area contributed by atoms with Crippen LogP contribution < -0.4 is 10.6 Å². The maximum Gasteiger partial charge on any atom is 0.325 e. The lowest BCUT2D eigenvalue weighted by atomic mass is 9.82. The summed E-state index contributed by atoms with van der Waals surface area (Å²) in [6.07, 6.45) is 5.78. The molecule has 1 saturated carbocycles. The fraction of sp³-hybridized carbons (Fsp3) is 0.733. The highest BCUT2D eigenvalue weighted by Gasteiger charge is 2.51. The van der Waals surface area contributed by atoms with Crippen LogP contribution in [0.15, 0.2) is 12.2 Å². The van der Waals surface area contributed by atoms with Crippen LogP contribution in [0, 0.1) is 0 Å². The molecular weight excluding hydrogens is 254 g/mol. The molecular formula is C15H25N3O2. The number of nitrogens with zero attached hydrogens (tertiary/aromatic N) is 1. The van der Waals surface area contributed by atoms with Gasteiger partial charge in [0.1, 0.15) is 5.54 Å². The number of urea groups is 1. The van der Waals surface area contributed by atoms with Gasteiger partial charge in [-0.2, -0.15) is 0 Å². The number of nitrogens with one attached hydrogen (secondary N) is 2. The normalized spacial score (nSPS) is 21.4. The van der Waals surface area contributed by atoms with Crippen LogP contribution in [0.3, 0.4) is 0 Å². The lowest BCUT2D eigenvalue weighted by Crippen LogP contribution is -2.48. The second-order valence-electron chi connectivity index (χ2n) is 5.89. The van der Waals surface area contributed by atoms with Crippen molar-refractivity contribution in [2.24, 2.45) is 0 Å². The molecule has 112 valence electrons. The van der Waals surface area contributed by atoms with Crippen LogP contribution in [0.5, 0.6) is 0 Å². The van der Waals surface area contributed by atoms with Gasteiger partial charge in [-0.25, -0.2) is 4.79 Å². The summed E-state index contributed by atoms with van der Waals surface area (Å²) in [7, 11) is 0. The molecule has 0 aromatic carbocycles. The summed E-state index contributed by atoms with van der Waals surface area (Å²) >= 11 is 0. The van der Waals surface area contributed by atoms with Gasteiger partial charge in [0.2, 0.25) is 0 Å². The predicted molar refractivity (Wildman–Crippen MR) is 78.4 cm³/mol. The van der Waals surface area contributed by atoms with Gasteiger partial charge in [-0.15, -0.1) is 0 Å². The van der Waals surface area contributed by atoms with E-state index in [1.165, 1.54) is 4.90 Å². The number of amides is 3. The molecule has 3 amide bonds. The van der Waals surface area contributed by atoms with Crippen molar-refractivity contribution in [2.75, 3.05) is 19.6 Å². The molecule has 1 spiro atoms. The quantitative estimate of drug-likeness (QED) is 0.443. The molecule has 1 aliphatic heterocycles. The fourth-order valence-corrected chi connectivity index (χ4v) is 3.04. The molecule has 5 heteroatoms. The molecule has 0 radical (unpaired) electrons. The number of hydrogen-bond acceptors (Lipinski definition) is 3. The topological polar surface area (TPSA) is 61.4 Å². The fourth-order valence-electron chi connectivity index (χ4n) is 3.04. The highest BCUT2D eigenvalue weighted by Crippen LogP contribution is 2.33. The molecule has 5 nitrogen and oxygen atoms in total. The van der Waals surface area contributed by atoms with Crippen molar-refractivity contribution in [3.05, 3.63) is 12.2 Å². The van der Waals surface area contributed by atoms with Crippen LogP contribution in [0.4, 0.5) is 4.79 Å². The van der Waals surface area contributed by atoms with Gasteiger partial charge in [-0.3, -0.25) is 9.69 Å². The van der Waals surface area contributed by atoms with Gasteiger partial charge < -0.3 is 10.6 Å². The molecule has 0 bridgehead atoms. The summed E-state index contributed by atoms with van der Waals surface area (Å²) in [5.74, 6) is -0.0566. The summed E-state index contributed by atoms with van der Waals surface area (Å²) < 4.78 is 0. The third-order valence-corrected chi connectivity index (χ3v) is 4.14. The molecule has 20 heavy (non-hydrogen) atoms. The predicted octanol–water partition coefficient (Wildman–Crippen LogP) is 1.80. The number of carbonyl (C=O) groups is 2. The molecule has 0 aromatic heterocycles. The molecule has 2 fully saturated rings. The standard InChI is InChI=1S/C15H25N3O2/c1-3-9-16-10-12(2)11-18-13(19)15(17-14(18)20)7-5-4-6-8-15/h16H,2-11H2,1H3,(H,17,20). The first-order valence-electron chi connectivity index (χ1n) is 7.60. The van der Waals surface area contributed by atoms with E-state index in [4.69, 9.17) is 0 Å². The van der Waals surface area contributed by atoms with Crippen LogP contribution in [0.2, 0.25) is 0 Å². The van der Waals surface area contributed by atoms with Crippen molar-refractivity contribution in [2.45, 2.75) is 51.0 Å². The van der Waals surface area contributed by atoms with Gasteiger partial charge >= 0.3 is 6.03 Å². The third-order valence-electron chi connectivity index (χ3n) is 4.14. The lowest BCUT2D eigenvalue weighted by molar-refractivity contribution is -0.132. The Kier molecular flexibility index (Phi) is 4.81. The average molecular weight is 279 g/mol. The maximum atomic E-state index is 12.5. The lowest BCUT2D eigenvalue weighted by Gasteiger charge is -2.30. The van der Waals surface area contributed by atoms with Gasteiger partial charge in [-0.05, 0) is 31.4 Å². The maximum absolute atomic E-state index is 12.5. The highest BCUT2D eigenvalue weighted by atomic mass is 16.2. The van der Waals surface area contributed by atoms with Crippen LogP contribution in [0.1, 0.15) is 45.4 Å². The van der Waals surface area contributed by atoms with Crippen molar-refractivity contribution >= 4 is 11.9 Å². The van der Waals surface area contributed by atoms with Gasteiger partial charge in [0, 0.05) is 6.54 Å².